The van der Waals surface area contributed by atoms with Gasteiger partial charge in [-0.1, -0.05) is 25.2 Å². The first-order chi connectivity index (χ1) is 13.2. The van der Waals surface area contributed by atoms with Gasteiger partial charge in [0, 0.05) is 71.8 Å². The molecule has 0 fully saturated rings. The van der Waals surface area contributed by atoms with Crippen molar-refractivity contribution in [3.05, 3.63) is 86.0 Å². The monoisotopic (exact) mass is 368 g/mol. The second kappa shape index (κ2) is 7.21. The molecule has 0 N–H and O–H groups in total. The van der Waals surface area contributed by atoms with Gasteiger partial charge in [0.2, 0.25) is 0 Å². The van der Waals surface area contributed by atoms with Gasteiger partial charge in [0.25, 0.3) is 0 Å². The summed E-state index contributed by atoms with van der Waals surface area (Å²) in [4.78, 5) is 17.3. The van der Waals surface area contributed by atoms with Crippen LogP contribution in [0.4, 0.5) is 0 Å². The van der Waals surface area contributed by atoms with Gasteiger partial charge in [0.1, 0.15) is 8.07 Å². The second-order valence-electron chi connectivity index (χ2n) is 6.95. The molecule has 0 spiro atoms. The van der Waals surface area contributed by atoms with Crippen molar-refractivity contribution in [2.45, 2.75) is 13.1 Å². The normalized spacial score (nSPS) is 11.3. The number of pyridine rings is 4. The van der Waals surface area contributed by atoms with Gasteiger partial charge < -0.3 is 0 Å². The van der Waals surface area contributed by atoms with Gasteiger partial charge in [0.05, 0.1) is 0 Å². The Morgan fingerprint density at radius 1 is 0.556 bits per heavy atom. The molecule has 0 atom stereocenters. The highest BCUT2D eigenvalue weighted by Gasteiger charge is 2.31. The Bertz CT molecular complexity index is 965. The molecule has 0 aliphatic heterocycles. The van der Waals surface area contributed by atoms with E-state index >= 15 is 0 Å². The average molecular weight is 369 g/mol. The number of rotatable bonds is 4. The maximum absolute atomic E-state index is 4.38. The first-order valence-electron chi connectivity index (χ1n) is 8.87. The lowest BCUT2D eigenvalue weighted by molar-refractivity contribution is 1.30. The minimum Gasteiger partial charge on any atom is -0.264 e. The lowest BCUT2D eigenvalue weighted by atomic mass is 10.1. The van der Waals surface area contributed by atoms with Crippen LogP contribution in [0.15, 0.2) is 86.0 Å². The summed E-state index contributed by atoms with van der Waals surface area (Å²) in [5, 5.41) is 2.67. The molecule has 5 heteroatoms. The zero-order valence-corrected chi connectivity index (χ0v) is 16.4. The molecule has 4 rings (SSSR count). The van der Waals surface area contributed by atoms with Crippen molar-refractivity contribution in [2.24, 2.45) is 0 Å². The Morgan fingerprint density at radius 3 is 1.41 bits per heavy atom. The minimum atomic E-state index is -2.05. The van der Waals surface area contributed by atoms with Crippen LogP contribution in [0.5, 0.6) is 0 Å². The van der Waals surface area contributed by atoms with E-state index in [1.807, 2.05) is 49.3 Å². The van der Waals surface area contributed by atoms with Gasteiger partial charge in [-0.15, -0.1) is 0 Å². The van der Waals surface area contributed by atoms with Gasteiger partial charge in [-0.05, 0) is 34.6 Å². The summed E-state index contributed by atoms with van der Waals surface area (Å²) < 4.78 is 0. The van der Waals surface area contributed by atoms with Crippen LogP contribution in [0.1, 0.15) is 0 Å². The predicted molar refractivity (Wildman–Crippen MR) is 112 cm³/mol. The third-order valence-corrected chi connectivity index (χ3v) is 8.50. The van der Waals surface area contributed by atoms with Crippen molar-refractivity contribution in [3.63, 3.8) is 0 Å². The van der Waals surface area contributed by atoms with Crippen molar-refractivity contribution in [3.8, 4) is 22.3 Å². The van der Waals surface area contributed by atoms with E-state index in [-0.39, 0.29) is 0 Å². The van der Waals surface area contributed by atoms with Crippen molar-refractivity contribution in [1.29, 1.82) is 0 Å². The highest BCUT2D eigenvalue weighted by molar-refractivity contribution is 7.01. The molecular formula is C22H20N4Si. The molecule has 0 radical (unpaired) electrons. The van der Waals surface area contributed by atoms with Gasteiger partial charge >= 0.3 is 0 Å². The molecule has 0 aliphatic carbocycles. The first-order valence-corrected chi connectivity index (χ1v) is 11.9. The number of nitrogens with zero attached hydrogens (tertiary/aromatic N) is 4. The molecular weight excluding hydrogens is 348 g/mol. The average Bonchev–Trinajstić information content (AvgIpc) is 2.75. The Balaban J connectivity index is 1.90. The van der Waals surface area contributed by atoms with Crippen LogP contribution in [0, 0.1) is 0 Å². The molecule has 0 aliphatic rings. The summed E-state index contributed by atoms with van der Waals surface area (Å²) in [5.74, 6) is 0. The number of hydrogen-bond acceptors (Lipinski definition) is 4. The third kappa shape index (κ3) is 3.29. The molecule has 132 valence electrons. The van der Waals surface area contributed by atoms with Crippen LogP contribution >= 0.6 is 0 Å². The molecule has 4 aromatic rings. The van der Waals surface area contributed by atoms with E-state index in [2.05, 4.69) is 57.3 Å². The molecule has 4 nitrogen and oxygen atoms in total. The van der Waals surface area contributed by atoms with E-state index in [9.17, 15) is 0 Å². The quantitative estimate of drug-likeness (QED) is 0.518. The highest BCUT2D eigenvalue weighted by Crippen LogP contribution is 2.22. The van der Waals surface area contributed by atoms with E-state index in [1.54, 1.807) is 12.4 Å². The van der Waals surface area contributed by atoms with Gasteiger partial charge in [-0.25, -0.2) is 0 Å². The zero-order chi connectivity index (χ0) is 18.7. The summed E-state index contributed by atoms with van der Waals surface area (Å²) in [6.07, 6.45) is 15.1. The first kappa shape index (κ1) is 17.2. The molecule has 0 saturated carbocycles. The Morgan fingerprint density at radius 2 is 1.00 bits per heavy atom. The van der Waals surface area contributed by atoms with Crippen LogP contribution in [0.3, 0.4) is 0 Å². The van der Waals surface area contributed by atoms with E-state index in [1.165, 1.54) is 10.4 Å². The fourth-order valence-electron chi connectivity index (χ4n) is 3.53. The fraction of sp³-hybridized carbons (Fsp3) is 0.0909. The Kier molecular flexibility index (Phi) is 4.60. The molecule has 0 bridgehead atoms. The van der Waals surface area contributed by atoms with Crippen LogP contribution in [0.25, 0.3) is 22.3 Å². The van der Waals surface area contributed by atoms with Crippen molar-refractivity contribution in [2.75, 3.05) is 0 Å². The lowest BCUT2D eigenvalue weighted by Gasteiger charge is -2.28. The third-order valence-electron chi connectivity index (χ3n) is 4.93. The van der Waals surface area contributed by atoms with Gasteiger partial charge in [0.15, 0.2) is 0 Å². The standard InChI is InChI=1S/C22H20N4Si/c1-27(2,21-7-11-25-15-19(21)17-5-3-9-23-13-17)22-8-12-26-16-20(22)18-6-4-10-24-14-18/h3-16H,1-2H3. The number of aromatic nitrogens is 4. The molecule has 0 saturated heterocycles. The Hall–Kier alpha value is -3.18. The number of hydrogen-bond donors (Lipinski definition) is 0. The molecule has 0 amide bonds. The Labute approximate surface area is 160 Å². The minimum absolute atomic E-state index is 1.10. The van der Waals surface area contributed by atoms with Crippen molar-refractivity contribution in [1.82, 2.24) is 19.9 Å². The van der Waals surface area contributed by atoms with Crippen molar-refractivity contribution >= 4 is 18.4 Å². The van der Waals surface area contributed by atoms with Gasteiger partial charge in [-0.2, -0.15) is 0 Å². The highest BCUT2D eigenvalue weighted by atomic mass is 28.3. The van der Waals surface area contributed by atoms with Crippen LogP contribution in [-0.4, -0.2) is 28.0 Å². The lowest BCUT2D eigenvalue weighted by Crippen LogP contribution is -2.54. The van der Waals surface area contributed by atoms with Gasteiger partial charge in [-0.3, -0.25) is 19.9 Å². The van der Waals surface area contributed by atoms with Crippen molar-refractivity contribution < 1.29 is 0 Å². The molecule has 4 aromatic heterocycles. The zero-order valence-electron chi connectivity index (χ0n) is 15.4. The van der Waals surface area contributed by atoms with E-state index < -0.39 is 8.07 Å². The van der Waals surface area contributed by atoms with E-state index in [4.69, 9.17) is 0 Å². The summed E-state index contributed by atoms with van der Waals surface area (Å²) >= 11 is 0. The second-order valence-corrected chi connectivity index (χ2v) is 11.3. The van der Waals surface area contributed by atoms with Crippen LogP contribution in [0.2, 0.25) is 13.1 Å². The molecule has 27 heavy (non-hydrogen) atoms. The van der Waals surface area contributed by atoms with E-state index in [0.717, 1.165) is 22.3 Å². The topological polar surface area (TPSA) is 51.6 Å². The smallest absolute Gasteiger partial charge is 0.114 e. The summed E-state index contributed by atoms with van der Waals surface area (Å²) in [7, 11) is -2.05. The predicted octanol–water partition coefficient (Wildman–Crippen LogP) is 3.42. The maximum Gasteiger partial charge on any atom is 0.114 e. The largest absolute Gasteiger partial charge is 0.264 e. The summed E-state index contributed by atoms with van der Waals surface area (Å²) in [6, 6.07) is 12.4. The summed E-state index contributed by atoms with van der Waals surface area (Å²) in [6.45, 7) is 4.74. The molecule has 0 unspecified atom stereocenters. The fourth-order valence-corrected chi connectivity index (χ4v) is 6.57. The van der Waals surface area contributed by atoms with Crippen LogP contribution in [-0.2, 0) is 0 Å². The van der Waals surface area contributed by atoms with E-state index in [0.29, 0.717) is 0 Å². The SMILES string of the molecule is C[Si](C)(c1ccncc1-c1cccnc1)c1ccncc1-c1cccnc1. The van der Waals surface area contributed by atoms with Crippen LogP contribution < -0.4 is 10.4 Å². The maximum atomic E-state index is 4.38. The molecule has 0 aromatic carbocycles. The summed E-state index contributed by atoms with van der Waals surface area (Å²) in [5.41, 5.74) is 4.49. The molecule has 4 heterocycles.